The van der Waals surface area contributed by atoms with E-state index in [4.69, 9.17) is 0 Å². The highest BCUT2D eigenvalue weighted by molar-refractivity contribution is 7.99. The lowest BCUT2D eigenvalue weighted by molar-refractivity contribution is 0.207. The summed E-state index contributed by atoms with van der Waals surface area (Å²) in [5, 5.41) is 6.06. The number of hydrogen-bond acceptors (Lipinski definition) is 4. The van der Waals surface area contributed by atoms with Crippen molar-refractivity contribution < 1.29 is 9.59 Å². The lowest BCUT2D eigenvalue weighted by Gasteiger charge is -2.32. The molecule has 0 fully saturated rings. The number of nitrogens with one attached hydrogen (secondary N) is 2. The Bertz CT molecular complexity index is 757. The Morgan fingerprint density at radius 1 is 0.821 bits per heavy atom. The van der Waals surface area contributed by atoms with Crippen LogP contribution in [0, 0.1) is 0 Å². The highest BCUT2D eigenvalue weighted by atomic mass is 32.2. The summed E-state index contributed by atoms with van der Waals surface area (Å²) in [7, 11) is 0. The summed E-state index contributed by atoms with van der Waals surface area (Å²) in [6.45, 7) is 4.97. The van der Waals surface area contributed by atoms with Gasteiger partial charge < -0.3 is 10.6 Å². The Morgan fingerprint density at radius 2 is 1.21 bits per heavy atom. The molecule has 0 saturated carbocycles. The molecule has 6 nitrogen and oxygen atoms in total. The van der Waals surface area contributed by atoms with Crippen molar-refractivity contribution in [2.45, 2.75) is 37.7 Å². The molecule has 2 atom stereocenters. The fraction of sp³-hybridized carbons (Fsp3) is 0.400. The van der Waals surface area contributed by atoms with E-state index in [9.17, 15) is 9.59 Å². The van der Waals surface area contributed by atoms with E-state index in [-0.39, 0.29) is 22.8 Å². The average molecular weight is 419 g/mol. The molecule has 2 heterocycles. The lowest BCUT2D eigenvalue weighted by Crippen LogP contribution is -2.46. The van der Waals surface area contributed by atoms with Gasteiger partial charge in [-0.05, 0) is 48.6 Å². The van der Waals surface area contributed by atoms with Crippen molar-refractivity contribution in [2.75, 3.05) is 12.5 Å². The monoisotopic (exact) mass is 418 g/mol. The van der Waals surface area contributed by atoms with Crippen LogP contribution in [0.4, 0.5) is 9.59 Å². The zero-order chi connectivity index (χ0) is 20.3. The predicted octanol–water partition coefficient (Wildman–Crippen LogP) is 3.92. The van der Waals surface area contributed by atoms with E-state index in [1.807, 2.05) is 63.0 Å². The number of urea groups is 2. The van der Waals surface area contributed by atoms with Gasteiger partial charge in [0.1, 0.15) is 0 Å². The highest BCUT2D eigenvalue weighted by Gasteiger charge is 2.26. The van der Waals surface area contributed by atoms with Crippen LogP contribution in [0.5, 0.6) is 0 Å². The summed E-state index contributed by atoms with van der Waals surface area (Å²) < 4.78 is 0. The quantitative estimate of drug-likeness (QED) is 0.735. The van der Waals surface area contributed by atoms with Crippen molar-refractivity contribution in [3.8, 4) is 0 Å². The van der Waals surface area contributed by atoms with Crippen molar-refractivity contribution in [2.24, 2.45) is 0 Å². The molecule has 1 aromatic carbocycles. The van der Waals surface area contributed by atoms with E-state index in [1.165, 1.54) is 0 Å². The van der Waals surface area contributed by atoms with Gasteiger partial charge in [-0.3, -0.25) is 9.80 Å². The Balaban J connectivity index is 1.79. The molecular formula is C20H26N4O2S2. The van der Waals surface area contributed by atoms with Crippen molar-refractivity contribution >= 4 is 35.6 Å². The molecule has 0 spiro atoms. The number of benzene rings is 1. The molecule has 2 N–H and O–H groups in total. The number of hydrogen-bond donors (Lipinski definition) is 2. The Morgan fingerprint density at radius 3 is 1.57 bits per heavy atom. The number of rotatable bonds is 6. The standard InChI is InChI=1S/C20H26N4O2S2/c1-13-9-23(19(25)21-17(13)27-3)11-15-7-5-6-8-16(15)12-24-10-14(2)18(28-4)22-20(24)26/h5-10,17-18H,11-12H2,1-4H3,(H,21,25)(H,22,26)/t17-,18-/m1/s1. The average Bonchev–Trinajstić information content (AvgIpc) is 2.68. The maximum atomic E-state index is 12.4. The molecule has 0 radical (unpaired) electrons. The summed E-state index contributed by atoms with van der Waals surface area (Å²) in [5.74, 6) is 0. The molecule has 0 unspecified atom stereocenters. The van der Waals surface area contributed by atoms with Gasteiger partial charge in [0.15, 0.2) is 0 Å². The first-order valence-corrected chi connectivity index (χ1v) is 11.6. The number of amides is 4. The molecular weight excluding hydrogens is 392 g/mol. The zero-order valence-electron chi connectivity index (χ0n) is 16.6. The van der Waals surface area contributed by atoms with Crippen LogP contribution in [0.25, 0.3) is 0 Å². The minimum Gasteiger partial charge on any atom is -0.322 e. The lowest BCUT2D eigenvalue weighted by atomic mass is 10.1. The molecule has 0 aromatic heterocycles. The molecule has 2 aliphatic heterocycles. The van der Waals surface area contributed by atoms with Crippen molar-refractivity contribution in [1.82, 2.24) is 20.4 Å². The van der Waals surface area contributed by atoms with Crippen molar-refractivity contribution in [3.05, 3.63) is 58.9 Å². The van der Waals surface area contributed by atoms with Gasteiger partial charge in [0.05, 0.1) is 23.8 Å². The van der Waals surface area contributed by atoms with Gasteiger partial charge in [-0.15, -0.1) is 23.5 Å². The Kier molecular flexibility index (Phi) is 6.61. The maximum Gasteiger partial charge on any atom is 0.322 e. The van der Waals surface area contributed by atoms with Gasteiger partial charge in [0.25, 0.3) is 0 Å². The summed E-state index contributed by atoms with van der Waals surface area (Å²) in [4.78, 5) is 28.3. The minimum absolute atomic E-state index is 0.0218. The van der Waals surface area contributed by atoms with Gasteiger partial charge in [-0.1, -0.05) is 24.3 Å². The van der Waals surface area contributed by atoms with Crippen LogP contribution < -0.4 is 10.6 Å². The van der Waals surface area contributed by atoms with Crippen molar-refractivity contribution in [3.63, 3.8) is 0 Å². The van der Waals surface area contributed by atoms with Crippen LogP contribution in [0.2, 0.25) is 0 Å². The van der Waals surface area contributed by atoms with E-state index in [0.717, 1.165) is 22.3 Å². The van der Waals surface area contributed by atoms with E-state index in [0.29, 0.717) is 13.1 Å². The minimum atomic E-state index is -0.103. The zero-order valence-corrected chi connectivity index (χ0v) is 18.2. The fourth-order valence-corrected chi connectivity index (χ4v) is 4.62. The SMILES string of the molecule is CS[C@H]1NC(=O)N(Cc2ccccc2CN2C=C(C)[C@@H](SC)NC2=O)C=C1C. The topological polar surface area (TPSA) is 64.7 Å². The normalized spacial score (nSPS) is 22.4. The van der Waals surface area contributed by atoms with Gasteiger partial charge >= 0.3 is 12.1 Å². The molecule has 0 bridgehead atoms. The largest absolute Gasteiger partial charge is 0.322 e. The van der Waals surface area contributed by atoms with Gasteiger partial charge in [-0.2, -0.15) is 0 Å². The van der Waals surface area contributed by atoms with Gasteiger partial charge in [-0.25, -0.2) is 9.59 Å². The van der Waals surface area contributed by atoms with Crippen LogP contribution in [0.1, 0.15) is 25.0 Å². The molecule has 0 aliphatic carbocycles. The Labute approximate surface area is 174 Å². The highest BCUT2D eigenvalue weighted by Crippen LogP contribution is 2.24. The van der Waals surface area contributed by atoms with Crippen LogP contribution >= 0.6 is 23.5 Å². The number of carbonyl (C=O) groups is 2. The second kappa shape index (κ2) is 8.96. The van der Waals surface area contributed by atoms with Gasteiger partial charge in [0, 0.05) is 12.4 Å². The van der Waals surface area contributed by atoms with E-state index in [1.54, 1.807) is 33.3 Å². The number of nitrogens with zero attached hydrogens (tertiary/aromatic N) is 2. The van der Waals surface area contributed by atoms with Crippen molar-refractivity contribution in [1.29, 1.82) is 0 Å². The molecule has 2 aliphatic rings. The van der Waals surface area contributed by atoms with Crippen LogP contribution in [-0.2, 0) is 13.1 Å². The summed E-state index contributed by atoms with van der Waals surface area (Å²) in [6, 6.07) is 7.74. The molecule has 4 amide bonds. The third-order valence-electron chi connectivity index (χ3n) is 4.85. The predicted molar refractivity (Wildman–Crippen MR) is 117 cm³/mol. The van der Waals surface area contributed by atoms with Gasteiger partial charge in [0.2, 0.25) is 0 Å². The maximum absolute atomic E-state index is 12.4. The van der Waals surface area contributed by atoms with Crippen LogP contribution in [0.15, 0.2) is 47.8 Å². The van der Waals surface area contributed by atoms with E-state index >= 15 is 0 Å². The number of carbonyl (C=O) groups excluding carboxylic acids is 2. The molecule has 8 heteroatoms. The van der Waals surface area contributed by atoms with Crippen LogP contribution in [0.3, 0.4) is 0 Å². The second-order valence-electron chi connectivity index (χ2n) is 6.90. The first-order valence-electron chi connectivity index (χ1n) is 9.06. The summed E-state index contributed by atoms with van der Waals surface area (Å²) >= 11 is 3.22. The molecule has 150 valence electrons. The summed E-state index contributed by atoms with van der Waals surface area (Å²) in [5.41, 5.74) is 4.27. The molecule has 3 rings (SSSR count). The molecule has 0 saturated heterocycles. The summed E-state index contributed by atoms with van der Waals surface area (Å²) in [6.07, 6.45) is 7.79. The first-order chi connectivity index (χ1) is 13.4. The third-order valence-corrected chi connectivity index (χ3v) is 6.77. The fourth-order valence-electron chi connectivity index (χ4n) is 3.32. The third kappa shape index (κ3) is 4.50. The van der Waals surface area contributed by atoms with E-state index < -0.39 is 0 Å². The second-order valence-corrected chi connectivity index (χ2v) is 8.79. The molecule has 1 aromatic rings. The molecule has 28 heavy (non-hydrogen) atoms. The first kappa shape index (κ1) is 20.7. The smallest absolute Gasteiger partial charge is 0.322 e. The van der Waals surface area contributed by atoms with E-state index in [2.05, 4.69) is 10.6 Å². The van der Waals surface area contributed by atoms with Crippen LogP contribution in [-0.4, -0.2) is 45.1 Å². The Hall–Kier alpha value is -2.06. The number of thioether (sulfide) groups is 2.